The van der Waals surface area contributed by atoms with E-state index in [1.165, 1.54) is 10.1 Å². The van der Waals surface area contributed by atoms with Crippen LogP contribution in [0.1, 0.15) is 35.4 Å². The van der Waals surface area contributed by atoms with Crippen molar-refractivity contribution in [3.8, 4) is 11.3 Å². The number of fused-ring (bicyclic) bond motifs is 1. The Labute approximate surface area is 157 Å². The summed E-state index contributed by atoms with van der Waals surface area (Å²) in [5.41, 5.74) is 6.60. The molecule has 3 aromatic heterocycles. The molecule has 0 aliphatic rings. The van der Waals surface area contributed by atoms with Gasteiger partial charge < -0.3 is 0 Å². The molecule has 0 amide bonds. The number of benzene rings is 1. The van der Waals surface area contributed by atoms with E-state index in [2.05, 4.69) is 36.2 Å². The molecule has 0 radical (unpaired) electrons. The second-order valence-corrected chi connectivity index (χ2v) is 7.22. The highest BCUT2D eigenvalue weighted by molar-refractivity contribution is 5.70. The number of H-pyrrole nitrogens is 1. The molecule has 0 spiro atoms. The second kappa shape index (κ2) is 6.54. The highest BCUT2D eigenvalue weighted by atomic mass is 16.1. The van der Waals surface area contributed by atoms with E-state index >= 15 is 0 Å². The van der Waals surface area contributed by atoms with Gasteiger partial charge in [0.25, 0.3) is 5.56 Å². The van der Waals surface area contributed by atoms with Crippen LogP contribution in [0, 0.1) is 20.8 Å². The first-order valence-corrected chi connectivity index (χ1v) is 9.12. The Kier molecular flexibility index (Phi) is 4.18. The van der Waals surface area contributed by atoms with Crippen LogP contribution in [0.4, 0.5) is 0 Å². The fourth-order valence-electron chi connectivity index (χ4n) is 3.44. The van der Waals surface area contributed by atoms with Crippen LogP contribution >= 0.6 is 0 Å². The molecule has 27 heavy (non-hydrogen) atoms. The maximum Gasteiger partial charge on any atom is 0.272 e. The van der Waals surface area contributed by atoms with Gasteiger partial charge in [0.15, 0.2) is 5.65 Å². The van der Waals surface area contributed by atoms with Gasteiger partial charge in [-0.05, 0) is 32.9 Å². The van der Waals surface area contributed by atoms with Crippen molar-refractivity contribution < 1.29 is 0 Å². The first-order chi connectivity index (χ1) is 12.9. The summed E-state index contributed by atoms with van der Waals surface area (Å²) in [5.74, 6) is 0.0815. The van der Waals surface area contributed by atoms with Crippen LogP contribution in [0.25, 0.3) is 16.9 Å². The van der Waals surface area contributed by atoms with Crippen LogP contribution < -0.4 is 5.56 Å². The van der Waals surface area contributed by atoms with Gasteiger partial charge in [-0.1, -0.05) is 30.7 Å². The average molecular weight is 361 g/mol. The zero-order valence-electron chi connectivity index (χ0n) is 16.0. The number of rotatable bonds is 4. The average Bonchev–Trinajstić information content (AvgIpc) is 3.19. The molecule has 1 unspecified atom stereocenters. The monoisotopic (exact) mass is 361 g/mol. The van der Waals surface area contributed by atoms with Crippen molar-refractivity contribution >= 4 is 5.65 Å². The molecular formula is C21H23N5O. The van der Waals surface area contributed by atoms with Crippen molar-refractivity contribution in [2.45, 2.75) is 40.2 Å². The van der Waals surface area contributed by atoms with E-state index in [0.717, 1.165) is 28.2 Å². The smallest absolute Gasteiger partial charge is 0.272 e. The summed E-state index contributed by atoms with van der Waals surface area (Å²) in [6, 6.07) is 11.8. The molecule has 6 heteroatoms. The Morgan fingerprint density at radius 3 is 2.67 bits per heavy atom. The van der Waals surface area contributed by atoms with E-state index < -0.39 is 0 Å². The van der Waals surface area contributed by atoms with Crippen molar-refractivity contribution in [2.75, 3.05) is 0 Å². The summed E-state index contributed by atoms with van der Waals surface area (Å²) in [5, 5.41) is 7.56. The topological polar surface area (TPSA) is 68.0 Å². The number of aryl methyl sites for hydroxylation is 3. The van der Waals surface area contributed by atoms with Gasteiger partial charge in [-0.15, -0.1) is 0 Å². The van der Waals surface area contributed by atoms with Crippen molar-refractivity contribution in [3.05, 3.63) is 75.5 Å². The quantitative estimate of drug-likeness (QED) is 0.604. The maximum atomic E-state index is 12.7. The van der Waals surface area contributed by atoms with E-state index in [9.17, 15) is 4.79 Å². The zero-order chi connectivity index (χ0) is 19.1. The van der Waals surface area contributed by atoms with Crippen molar-refractivity contribution in [3.63, 3.8) is 0 Å². The first kappa shape index (κ1) is 17.3. The third-order valence-corrected chi connectivity index (χ3v) is 5.06. The number of hydrogen-bond donors (Lipinski definition) is 1. The largest absolute Gasteiger partial charge is 0.289 e. The lowest BCUT2D eigenvalue weighted by atomic mass is 10.1. The van der Waals surface area contributed by atoms with E-state index in [4.69, 9.17) is 4.98 Å². The van der Waals surface area contributed by atoms with Crippen LogP contribution in [0.3, 0.4) is 0 Å². The van der Waals surface area contributed by atoms with E-state index in [0.29, 0.717) is 12.2 Å². The number of aromatic nitrogens is 5. The van der Waals surface area contributed by atoms with Gasteiger partial charge in [-0.25, -0.2) is 9.50 Å². The van der Waals surface area contributed by atoms with Crippen molar-refractivity contribution in [2.24, 2.45) is 0 Å². The Morgan fingerprint density at radius 1 is 1.15 bits per heavy atom. The molecular weight excluding hydrogens is 338 g/mol. The standard InChI is InChI=1S/C21H23N5O/c1-13-6-5-7-17(10-13)20-16(4)21-23-18(11-19(27)26(21)24-20)14(2)12-25-15(3)8-9-22-25/h5-11,14,24H,12H2,1-4H3. The van der Waals surface area contributed by atoms with Crippen LogP contribution in [-0.2, 0) is 6.54 Å². The predicted molar refractivity (Wildman–Crippen MR) is 106 cm³/mol. The second-order valence-electron chi connectivity index (χ2n) is 7.22. The molecule has 0 aliphatic carbocycles. The van der Waals surface area contributed by atoms with Crippen molar-refractivity contribution in [1.29, 1.82) is 0 Å². The van der Waals surface area contributed by atoms with Crippen LogP contribution in [0.5, 0.6) is 0 Å². The lowest BCUT2D eigenvalue weighted by Crippen LogP contribution is -2.18. The fraction of sp³-hybridized carbons (Fsp3) is 0.286. The Balaban J connectivity index is 1.78. The minimum atomic E-state index is -0.0963. The molecule has 1 N–H and O–H groups in total. The number of aromatic amines is 1. The Hall–Kier alpha value is -3.15. The Bertz CT molecular complexity index is 1180. The summed E-state index contributed by atoms with van der Waals surface area (Å²) in [4.78, 5) is 17.5. The first-order valence-electron chi connectivity index (χ1n) is 9.12. The molecule has 138 valence electrons. The van der Waals surface area contributed by atoms with Gasteiger partial charge >= 0.3 is 0 Å². The van der Waals surface area contributed by atoms with Gasteiger partial charge in [0, 0.05) is 41.5 Å². The maximum absolute atomic E-state index is 12.7. The van der Waals surface area contributed by atoms with Gasteiger partial charge in [0.05, 0.1) is 11.4 Å². The Morgan fingerprint density at radius 2 is 1.96 bits per heavy atom. The molecule has 0 saturated heterocycles. The molecule has 0 fully saturated rings. The minimum absolute atomic E-state index is 0.0815. The molecule has 4 aromatic rings. The number of nitrogens with zero attached hydrogens (tertiary/aromatic N) is 4. The summed E-state index contributed by atoms with van der Waals surface area (Å²) in [6.45, 7) is 8.85. The molecule has 1 atom stereocenters. The molecule has 0 aliphatic heterocycles. The molecule has 1 aromatic carbocycles. The van der Waals surface area contributed by atoms with Gasteiger partial charge in [-0.3, -0.25) is 14.6 Å². The highest BCUT2D eigenvalue weighted by Gasteiger charge is 2.17. The normalized spacial score (nSPS) is 12.6. The van der Waals surface area contributed by atoms with Gasteiger partial charge in [-0.2, -0.15) is 5.10 Å². The summed E-state index contributed by atoms with van der Waals surface area (Å²) in [7, 11) is 0. The fourth-order valence-corrected chi connectivity index (χ4v) is 3.44. The highest BCUT2D eigenvalue weighted by Crippen LogP contribution is 2.25. The number of nitrogens with one attached hydrogen (secondary N) is 1. The third kappa shape index (κ3) is 3.07. The van der Waals surface area contributed by atoms with Crippen LogP contribution in [-0.4, -0.2) is 24.4 Å². The minimum Gasteiger partial charge on any atom is -0.289 e. The third-order valence-electron chi connectivity index (χ3n) is 5.06. The molecule has 0 bridgehead atoms. The summed E-state index contributed by atoms with van der Waals surface area (Å²) >= 11 is 0. The van der Waals surface area contributed by atoms with E-state index in [-0.39, 0.29) is 11.5 Å². The summed E-state index contributed by atoms with van der Waals surface area (Å²) < 4.78 is 3.47. The van der Waals surface area contributed by atoms with Gasteiger partial charge in [0.1, 0.15) is 0 Å². The number of hydrogen-bond acceptors (Lipinski definition) is 3. The molecule has 4 rings (SSSR count). The molecule has 3 heterocycles. The van der Waals surface area contributed by atoms with Gasteiger partial charge in [0.2, 0.25) is 0 Å². The lowest BCUT2D eigenvalue weighted by Gasteiger charge is -2.12. The van der Waals surface area contributed by atoms with E-state index in [1.807, 2.05) is 36.7 Å². The molecule has 6 nitrogen and oxygen atoms in total. The molecule has 0 saturated carbocycles. The van der Waals surface area contributed by atoms with Crippen LogP contribution in [0.15, 0.2) is 47.4 Å². The van der Waals surface area contributed by atoms with E-state index in [1.54, 1.807) is 12.3 Å². The predicted octanol–water partition coefficient (Wildman–Crippen LogP) is 3.62. The van der Waals surface area contributed by atoms with Crippen molar-refractivity contribution in [1.82, 2.24) is 24.4 Å². The lowest BCUT2D eigenvalue weighted by molar-refractivity contribution is 0.523. The van der Waals surface area contributed by atoms with Crippen LogP contribution in [0.2, 0.25) is 0 Å². The summed E-state index contributed by atoms with van der Waals surface area (Å²) in [6.07, 6.45) is 1.79. The zero-order valence-corrected chi connectivity index (χ0v) is 16.0. The SMILES string of the molecule is Cc1cccc(-c2[nH]n3c(=O)cc(C(C)Cn4nccc4C)nc3c2C)c1.